The minimum Gasteiger partial charge on any atom is -0.491 e. The van der Waals surface area contributed by atoms with Gasteiger partial charge < -0.3 is 10.1 Å². The summed E-state index contributed by atoms with van der Waals surface area (Å²) < 4.78 is 44.6. The van der Waals surface area contributed by atoms with E-state index < -0.39 is 15.8 Å². The summed E-state index contributed by atoms with van der Waals surface area (Å²) in [5.41, 5.74) is 0. The van der Waals surface area contributed by atoms with Gasteiger partial charge in [-0.25, -0.2) is 17.5 Å². The van der Waals surface area contributed by atoms with E-state index in [0.29, 0.717) is 0 Å². The number of sulfonamides is 1. The number of nitrogens with one attached hydrogen (secondary N) is 2. The third kappa shape index (κ3) is 4.78. The second kappa shape index (κ2) is 7.20. The number of carbonyl (C=O) groups is 1. The van der Waals surface area contributed by atoms with Gasteiger partial charge in [0.1, 0.15) is 0 Å². The van der Waals surface area contributed by atoms with Crippen molar-refractivity contribution < 1.29 is 22.3 Å². The molecule has 0 saturated carbocycles. The number of halogens is 1. The van der Waals surface area contributed by atoms with Gasteiger partial charge in [0, 0.05) is 20.0 Å². The van der Waals surface area contributed by atoms with E-state index in [9.17, 15) is 17.6 Å². The van der Waals surface area contributed by atoms with Crippen molar-refractivity contribution in [3.63, 3.8) is 0 Å². The molecule has 0 aliphatic heterocycles. The van der Waals surface area contributed by atoms with Crippen LogP contribution in [0.3, 0.4) is 0 Å². The molecule has 0 atom stereocenters. The Balaban J connectivity index is 2.72. The summed E-state index contributed by atoms with van der Waals surface area (Å²) in [6.07, 6.45) is 0. The van der Waals surface area contributed by atoms with E-state index in [2.05, 4.69) is 10.0 Å². The van der Waals surface area contributed by atoms with E-state index in [1.165, 1.54) is 19.1 Å². The Morgan fingerprint density at radius 2 is 2.05 bits per heavy atom. The molecule has 1 rings (SSSR count). The molecule has 0 heterocycles. The van der Waals surface area contributed by atoms with Gasteiger partial charge >= 0.3 is 0 Å². The molecule has 1 aromatic carbocycles. The largest absolute Gasteiger partial charge is 0.491 e. The Morgan fingerprint density at radius 3 is 2.60 bits per heavy atom. The van der Waals surface area contributed by atoms with Crippen molar-refractivity contribution in [3.05, 3.63) is 24.0 Å². The SMILES string of the molecule is CCOc1ccc(S(=O)(=O)NCCNC(C)=O)cc1F. The van der Waals surface area contributed by atoms with Crippen LogP contribution >= 0.6 is 0 Å². The highest BCUT2D eigenvalue weighted by molar-refractivity contribution is 7.89. The van der Waals surface area contributed by atoms with Crippen LogP contribution in [-0.4, -0.2) is 34.0 Å². The van der Waals surface area contributed by atoms with Crippen molar-refractivity contribution in [3.8, 4) is 5.75 Å². The Kier molecular flexibility index (Phi) is 5.90. The molecule has 1 amide bonds. The molecule has 0 spiro atoms. The Bertz CT molecular complexity index is 575. The maximum Gasteiger partial charge on any atom is 0.240 e. The molecule has 0 radical (unpaired) electrons. The first-order valence-corrected chi connectivity index (χ1v) is 7.51. The number of ether oxygens (including phenoxy) is 1. The van der Waals surface area contributed by atoms with Gasteiger partial charge in [0.2, 0.25) is 15.9 Å². The van der Waals surface area contributed by atoms with Crippen LogP contribution in [-0.2, 0) is 14.8 Å². The van der Waals surface area contributed by atoms with Crippen LogP contribution in [0.25, 0.3) is 0 Å². The minimum atomic E-state index is -3.81. The van der Waals surface area contributed by atoms with Gasteiger partial charge in [-0.2, -0.15) is 0 Å². The fourth-order valence-corrected chi connectivity index (χ4v) is 2.47. The highest BCUT2D eigenvalue weighted by Crippen LogP contribution is 2.20. The molecule has 8 heteroatoms. The number of carbonyl (C=O) groups excluding carboxylic acids is 1. The van der Waals surface area contributed by atoms with Gasteiger partial charge in [-0.3, -0.25) is 4.79 Å². The molecule has 112 valence electrons. The quantitative estimate of drug-likeness (QED) is 0.724. The lowest BCUT2D eigenvalue weighted by Crippen LogP contribution is -2.33. The van der Waals surface area contributed by atoms with Crippen LogP contribution in [0.2, 0.25) is 0 Å². The average molecular weight is 304 g/mol. The first-order chi connectivity index (χ1) is 9.36. The van der Waals surface area contributed by atoms with Crippen LogP contribution in [0.5, 0.6) is 5.75 Å². The maximum absolute atomic E-state index is 13.6. The first kappa shape index (κ1) is 16.4. The average Bonchev–Trinajstić information content (AvgIpc) is 2.37. The van der Waals surface area contributed by atoms with Gasteiger partial charge in [-0.15, -0.1) is 0 Å². The summed E-state index contributed by atoms with van der Waals surface area (Å²) in [7, 11) is -3.81. The molecule has 0 unspecified atom stereocenters. The lowest BCUT2D eigenvalue weighted by Gasteiger charge is -2.09. The lowest BCUT2D eigenvalue weighted by atomic mass is 10.3. The monoisotopic (exact) mass is 304 g/mol. The third-order valence-corrected chi connectivity index (χ3v) is 3.76. The fraction of sp³-hybridized carbons (Fsp3) is 0.417. The van der Waals surface area contributed by atoms with Crippen molar-refractivity contribution in [1.82, 2.24) is 10.0 Å². The summed E-state index contributed by atoms with van der Waals surface area (Å²) in [5, 5.41) is 2.45. The second-order valence-corrected chi connectivity index (χ2v) is 5.67. The summed E-state index contributed by atoms with van der Waals surface area (Å²) in [4.78, 5) is 10.4. The highest BCUT2D eigenvalue weighted by atomic mass is 32.2. The van der Waals surface area contributed by atoms with Gasteiger partial charge in [0.05, 0.1) is 11.5 Å². The molecule has 0 aromatic heterocycles. The van der Waals surface area contributed by atoms with E-state index in [1.807, 2.05) is 0 Å². The third-order valence-electron chi connectivity index (χ3n) is 2.30. The normalized spacial score (nSPS) is 11.2. The summed E-state index contributed by atoms with van der Waals surface area (Å²) >= 11 is 0. The zero-order valence-corrected chi connectivity index (χ0v) is 12.1. The molecule has 0 bridgehead atoms. The summed E-state index contributed by atoms with van der Waals surface area (Å²) in [5.74, 6) is -0.988. The van der Waals surface area contributed by atoms with Crippen molar-refractivity contribution in [2.24, 2.45) is 0 Å². The number of hydrogen-bond acceptors (Lipinski definition) is 4. The minimum absolute atomic E-state index is 0.00435. The van der Waals surface area contributed by atoms with E-state index in [-0.39, 0.29) is 36.2 Å². The van der Waals surface area contributed by atoms with Gasteiger partial charge in [-0.1, -0.05) is 0 Å². The van der Waals surface area contributed by atoms with Crippen molar-refractivity contribution in [1.29, 1.82) is 0 Å². The molecule has 0 saturated heterocycles. The predicted octanol–water partition coefficient (Wildman–Crippen LogP) is 0.639. The number of rotatable bonds is 7. The standard InChI is InChI=1S/C12H17FN2O4S/c1-3-19-12-5-4-10(8-11(12)13)20(17,18)15-7-6-14-9(2)16/h4-5,8,15H,3,6-7H2,1-2H3,(H,14,16). The summed E-state index contributed by atoms with van der Waals surface area (Å²) in [6, 6.07) is 3.42. The molecule has 0 fully saturated rings. The first-order valence-electron chi connectivity index (χ1n) is 6.03. The molecule has 20 heavy (non-hydrogen) atoms. The van der Waals surface area contributed by atoms with Gasteiger partial charge in [0.25, 0.3) is 0 Å². The molecule has 0 aliphatic rings. The summed E-state index contributed by atoms with van der Waals surface area (Å²) in [6.45, 7) is 3.51. The fourth-order valence-electron chi connectivity index (χ4n) is 1.43. The molecular weight excluding hydrogens is 287 g/mol. The van der Waals surface area contributed by atoms with Crippen molar-refractivity contribution in [2.75, 3.05) is 19.7 Å². The van der Waals surface area contributed by atoms with Crippen molar-refractivity contribution >= 4 is 15.9 Å². The van der Waals surface area contributed by atoms with E-state index in [4.69, 9.17) is 4.74 Å². The molecule has 6 nitrogen and oxygen atoms in total. The maximum atomic E-state index is 13.6. The van der Waals surface area contributed by atoms with E-state index in [0.717, 1.165) is 6.07 Å². The molecule has 2 N–H and O–H groups in total. The second-order valence-electron chi connectivity index (χ2n) is 3.91. The van der Waals surface area contributed by atoms with Crippen LogP contribution in [0.1, 0.15) is 13.8 Å². The Morgan fingerprint density at radius 1 is 1.35 bits per heavy atom. The highest BCUT2D eigenvalue weighted by Gasteiger charge is 2.16. The van der Waals surface area contributed by atoms with Gasteiger partial charge in [-0.05, 0) is 25.1 Å². The van der Waals surface area contributed by atoms with Crippen molar-refractivity contribution in [2.45, 2.75) is 18.7 Å². The number of amides is 1. The number of benzene rings is 1. The van der Waals surface area contributed by atoms with Crippen LogP contribution < -0.4 is 14.8 Å². The Labute approximate surface area is 117 Å². The van der Waals surface area contributed by atoms with Crippen LogP contribution in [0.15, 0.2) is 23.1 Å². The predicted molar refractivity (Wildman–Crippen MR) is 71.4 cm³/mol. The zero-order valence-electron chi connectivity index (χ0n) is 11.3. The molecular formula is C12H17FN2O4S. The van der Waals surface area contributed by atoms with Gasteiger partial charge in [0.15, 0.2) is 11.6 Å². The smallest absolute Gasteiger partial charge is 0.240 e. The van der Waals surface area contributed by atoms with Crippen LogP contribution in [0, 0.1) is 5.82 Å². The molecule has 0 aliphatic carbocycles. The van der Waals surface area contributed by atoms with Crippen LogP contribution in [0.4, 0.5) is 4.39 Å². The van der Waals surface area contributed by atoms with E-state index >= 15 is 0 Å². The zero-order chi connectivity index (χ0) is 15.2. The number of hydrogen-bond donors (Lipinski definition) is 2. The Hall–Kier alpha value is -1.67. The lowest BCUT2D eigenvalue weighted by molar-refractivity contribution is -0.118. The van der Waals surface area contributed by atoms with E-state index in [1.54, 1.807) is 6.92 Å². The topological polar surface area (TPSA) is 84.5 Å². The molecule has 1 aromatic rings.